The summed E-state index contributed by atoms with van der Waals surface area (Å²) in [5, 5.41) is 3.40. The van der Waals surface area contributed by atoms with Crippen LogP contribution in [0.2, 0.25) is 0 Å². The lowest BCUT2D eigenvalue weighted by Gasteiger charge is -2.11. The zero-order chi connectivity index (χ0) is 21.9. The molecule has 0 aliphatic heterocycles. The highest BCUT2D eigenvalue weighted by atomic mass is 15.2. The number of hydrogen-bond donors (Lipinski definition) is 1. The molecule has 0 aliphatic carbocycles. The lowest BCUT2D eigenvalue weighted by Crippen LogP contribution is -2.07. The number of imidazole rings is 1. The molecule has 0 radical (unpaired) electrons. The van der Waals surface area contributed by atoms with E-state index in [1.165, 1.54) is 0 Å². The number of nitrogens with one attached hydrogen (secondary N) is 1. The Hall–Kier alpha value is -4.20. The number of pyridine rings is 3. The van der Waals surface area contributed by atoms with Crippen LogP contribution in [0.25, 0.3) is 33.8 Å². The highest BCUT2D eigenvalue weighted by Crippen LogP contribution is 2.26. The molecule has 0 unspecified atom stereocenters. The molecule has 0 amide bonds. The average Bonchev–Trinajstić information content (AvgIpc) is 3.28. The summed E-state index contributed by atoms with van der Waals surface area (Å²) < 4.78 is 2.04. The Labute approximate surface area is 185 Å². The first kappa shape index (κ1) is 19.7. The third-order valence-corrected chi connectivity index (χ3v) is 5.12. The van der Waals surface area contributed by atoms with E-state index in [9.17, 15) is 0 Å². The van der Waals surface area contributed by atoms with Gasteiger partial charge in [0.15, 0.2) is 17.3 Å². The number of anilines is 1. The monoisotopic (exact) mass is 422 g/mol. The van der Waals surface area contributed by atoms with Gasteiger partial charge < -0.3 is 9.88 Å². The summed E-state index contributed by atoms with van der Waals surface area (Å²) in [5.74, 6) is 1.28. The van der Waals surface area contributed by atoms with Gasteiger partial charge in [-0.25, -0.2) is 15.0 Å². The van der Waals surface area contributed by atoms with Gasteiger partial charge in [0.1, 0.15) is 5.52 Å². The number of hydrogen-bond acceptors (Lipinski definition) is 7. The molecule has 0 atom stereocenters. The largest absolute Gasteiger partial charge is 0.362 e. The van der Waals surface area contributed by atoms with Gasteiger partial charge in [-0.15, -0.1) is 0 Å². The summed E-state index contributed by atoms with van der Waals surface area (Å²) in [6, 6.07) is 13.9. The molecule has 8 heteroatoms. The summed E-state index contributed by atoms with van der Waals surface area (Å²) in [4.78, 5) is 27.3. The van der Waals surface area contributed by atoms with Crippen molar-refractivity contribution in [3.05, 3.63) is 79.3 Å². The lowest BCUT2D eigenvalue weighted by atomic mass is 10.2. The van der Waals surface area contributed by atoms with Gasteiger partial charge in [0.25, 0.3) is 0 Å². The minimum absolute atomic E-state index is 0.227. The summed E-state index contributed by atoms with van der Waals surface area (Å²) >= 11 is 0. The molecule has 5 aromatic heterocycles. The fraction of sp³-hybridized carbons (Fsp3) is 0.167. The Kier molecular flexibility index (Phi) is 5.25. The SMILES string of the molecule is CC(C)n1cnc2c(NCc3ccc(-c4ccccn4)cn3)nc(-c3cccnc3)nc21. The normalized spacial score (nSPS) is 11.2. The van der Waals surface area contributed by atoms with Crippen molar-refractivity contribution >= 4 is 17.0 Å². The molecular weight excluding hydrogens is 400 g/mol. The fourth-order valence-electron chi connectivity index (χ4n) is 3.43. The van der Waals surface area contributed by atoms with E-state index in [4.69, 9.17) is 9.97 Å². The Bertz CT molecular complexity index is 1330. The maximum absolute atomic E-state index is 4.77. The van der Waals surface area contributed by atoms with Crippen LogP contribution in [-0.4, -0.2) is 34.5 Å². The second kappa shape index (κ2) is 8.50. The van der Waals surface area contributed by atoms with Crippen LogP contribution in [0, 0.1) is 0 Å². The van der Waals surface area contributed by atoms with Crippen molar-refractivity contribution in [2.45, 2.75) is 26.4 Å². The summed E-state index contributed by atoms with van der Waals surface area (Å²) in [7, 11) is 0. The van der Waals surface area contributed by atoms with Crippen molar-refractivity contribution in [1.82, 2.24) is 34.5 Å². The Morgan fingerprint density at radius 2 is 1.81 bits per heavy atom. The smallest absolute Gasteiger partial charge is 0.166 e. The van der Waals surface area contributed by atoms with Gasteiger partial charge >= 0.3 is 0 Å². The quantitative estimate of drug-likeness (QED) is 0.429. The van der Waals surface area contributed by atoms with Crippen molar-refractivity contribution in [1.29, 1.82) is 0 Å². The second-order valence-corrected chi connectivity index (χ2v) is 7.66. The highest BCUT2D eigenvalue weighted by molar-refractivity contribution is 5.85. The van der Waals surface area contributed by atoms with Gasteiger partial charge in [-0.1, -0.05) is 6.07 Å². The van der Waals surface area contributed by atoms with Crippen LogP contribution < -0.4 is 5.32 Å². The summed E-state index contributed by atoms with van der Waals surface area (Å²) in [6.45, 7) is 4.72. The predicted octanol–water partition coefficient (Wildman–Crippen LogP) is 4.54. The lowest BCUT2D eigenvalue weighted by molar-refractivity contribution is 0.613. The molecular formula is C24H22N8. The van der Waals surface area contributed by atoms with Crippen LogP contribution >= 0.6 is 0 Å². The van der Waals surface area contributed by atoms with E-state index in [0.717, 1.165) is 33.7 Å². The third kappa shape index (κ3) is 3.90. The first-order chi connectivity index (χ1) is 15.7. The van der Waals surface area contributed by atoms with E-state index in [-0.39, 0.29) is 6.04 Å². The van der Waals surface area contributed by atoms with Gasteiger partial charge in [-0.05, 0) is 50.2 Å². The number of fused-ring (bicyclic) bond motifs is 1. The van der Waals surface area contributed by atoms with E-state index >= 15 is 0 Å². The van der Waals surface area contributed by atoms with Gasteiger partial charge in [0.2, 0.25) is 0 Å². The number of rotatable bonds is 6. The molecule has 0 aromatic carbocycles. The van der Waals surface area contributed by atoms with Crippen LogP contribution in [0.5, 0.6) is 0 Å². The molecule has 158 valence electrons. The van der Waals surface area contributed by atoms with Crippen molar-refractivity contribution in [3.63, 3.8) is 0 Å². The van der Waals surface area contributed by atoms with E-state index in [0.29, 0.717) is 18.2 Å². The minimum atomic E-state index is 0.227. The third-order valence-electron chi connectivity index (χ3n) is 5.12. The summed E-state index contributed by atoms with van der Waals surface area (Å²) in [6.07, 6.45) is 8.92. The van der Waals surface area contributed by atoms with E-state index in [1.54, 1.807) is 18.6 Å². The first-order valence-corrected chi connectivity index (χ1v) is 10.4. The zero-order valence-electron chi connectivity index (χ0n) is 17.8. The van der Waals surface area contributed by atoms with E-state index < -0.39 is 0 Å². The molecule has 0 fully saturated rings. The predicted molar refractivity (Wildman–Crippen MR) is 124 cm³/mol. The topological polar surface area (TPSA) is 94.3 Å². The van der Waals surface area contributed by atoms with Crippen molar-refractivity contribution in [3.8, 4) is 22.6 Å². The van der Waals surface area contributed by atoms with Crippen LogP contribution in [-0.2, 0) is 6.54 Å². The minimum Gasteiger partial charge on any atom is -0.362 e. The zero-order valence-corrected chi connectivity index (χ0v) is 17.8. The molecule has 0 spiro atoms. The van der Waals surface area contributed by atoms with E-state index in [2.05, 4.69) is 39.1 Å². The maximum Gasteiger partial charge on any atom is 0.166 e. The van der Waals surface area contributed by atoms with Crippen LogP contribution in [0.3, 0.4) is 0 Å². The Morgan fingerprint density at radius 1 is 0.875 bits per heavy atom. The standard InChI is InChI=1S/C24H22N8/c1-16(2)32-15-29-21-23(30-22(31-24(21)32)18-6-5-10-25-12-18)28-14-19-9-8-17(13-27-19)20-7-3-4-11-26-20/h3-13,15-16H,14H2,1-2H3,(H,28,30,31). The number of aromatic nitrogens is 7. The number of nitrogens with zero attached hydrogens (tertiary/aromatic N) is 7. The second-order valence-electron chi connectivity index (χ2n) is 7.66. The molecule has 5 heterocycles. The van der Waals surface area contributed by atoms with Gasteiger partial charge in [-0.3, -0.25) is 15.0 Å². The molecule has 1 N–H and O–H groups in total. The Balaban J connectivity index is 1.46. The van der Waals surface area contributed by atoms with Gasteiger partial charge in [0, 0.05) is 42.0 Å². The molecule has 0 bridgehead atoms. The molecule has 8 nitrogen and oxygen atoms in total. The van der Waals surface area contributed by atoms with Crippen LogP contribution in [0.4, 0.5) is 5.82 Å². The first-order valence-electron chi connectivity index (χ1n) is 10.4. The van der Waals surface area contributed by atoms with Gasteiger partial charge in [-0.2, -0.15) is 0 Å². The summed E-state index contributed by atoms with van der Waals surface area (Å²) in [5.41, 5.74) is 5.14. The van der Waals surface area contributed by atoms with Crippen molar-refractivity contribution in [2.75, 3.05) is 5.32 Å². The van der Waals surface area contributed by atoms with Crippen molar-refractivity contribution in [2.24, 2.45) is 0 Å². The molecule has 0 saturated carbocycles. The molecule has 5 aromatic rings. The van der Waals surface area contributed by atoms with Gasteiger partial charge in [0.05, 0.1) is 24.3 Å². The van der Waals surface area contributed by atoms with E-state index in [1.807, 2.05) is 59.6 Å². The highest BCUT2D eigenvalue weighted by Gasteiger charge is 2.16. The molecule has 32 heavy (non-hydrogen) atoms. The molecule has 5 rings (SSSR count). The van der Waals surface area contributed by atoms with Crippen LogP contribution in [0.1, 0.15) is 25.6 Å². The van der Waals surface area contributed by atoms with Crippen LogP contribution in [0.15, 0.2) is 73.6 Å². The van der Waals surface area contributed by atoms with Crippen molar-refractivity contribution < 1.29 is 0 Å². The average molecular weight is 422 g/mol. The Morgan fingerprint density at radius 3 is 2.53 bits per heavy atom. The molecule has 0 saturated heterocycles. The molecule has 0 aliphatic rings. The maximum atomic E-state index is 4.77. The fourth-order valence-corrected chi connectivity index (χ4v) is 3.43.